The summed E-state index contributed by atoms with van der Waals surface area (Å²) in [5, 5.41) is 27.1. The summed E-state index contributed by atoms with van der Waals surface area (Å²) in [7, 11) is 0. The standard InChI is InChI=1S/C16H24N2O2/c1-15(2)10-12(17-20)13(16(3,4)18-15)14(19)11-8-6-5-7-9-11/h5-9,13-14,18-20H,10H2,1-4H3/b17-12+/t13-,14+/m1/s1. The number of rotatable bonds is 2. The summed E-state index contributed by atoms with van der Waals surface area (Å²) < 4.78 is 0. The zero-order chi connectivity index (χ0) is 15.0. The van der Waals surface area contributed by atoms with Crippen LogP contribution in [0.1, 0.15) is 45.8 Å². The van der Waals surface area contributed by atoms with E-state index in [1.165, 1.54) is 0 Å². The molecular formula is C16H24N2O2. The summed E-state index contributed by atoms with van der Waals surface area (Å²) >= 11 is 0. The van der Waals surface area contributed by atoms with Crippen molar-refractivity contribution in [3.05, 3.63) is 35.9 Å². The van der Waals surface area contributed by atoms with Crippen molar-refractivity contribution in [2.75, 3.05) is 0 Å². The molecule has 0 bridgehead atoms. The Morgan fingerprint density at radius 3 is 2.35 bits per heavy atom. The monoisotopic (exact) mass is 276 g/mol. The number of aliphatic hydroxyl groups is 1. The lowest BCUT2D eigenvalue weighted by Crippen LogP contribution is -2.64. The number of hydrogen-bond donors (Lipinski definition) is 3. The minimum atomic E-state index is -0.694. The molecule has 0 unspecified atom stereocenters. The molecule has 1 aromatic rings. The smallest absolute Gasteiger partial charge is 0.0889 e. The van der Waals surface area contributed by atoms with Crippen LogP contribution in [0.3, 0.4) is 0 Å². The van der Waals surface area contributed by atoms with Gasteiger partial charge in [0, 0.05) is 23.4 Å². The zero-order valence-electron chi connectivity index (χ0n) is 12.6. The maximum atomic E-state index is 10.7. The van der Waals surface area contributed by atoms with Crippen LogP contribution in [0.15, 0.2) is 35.5 Å². The lowest BCUT2D eigenvalue weighted by Gasteiger charge is -2.49. The molecule has 4 nitrogen and oxygen atoms in total. The van der Waals surface area contributed by atoms with Gasteiger partial charge < -0.3 is 15.6 Å². The molecule has 2 atom stereocenters. The molecule has 1 saturated heterocycles. The number of nitrogens with one attached hydrogen (secondary N) is 1. The van der Waals surface area contributed by atoms with Crippen LogP contribution in [0.4, 0.5) is 0 Å². The van der Waals surface area contributed by atoms with Crippen LogP contribution in [0.2, 0.25) is 0 Å². The molecule has 0 spiro atoms. The third-order valence-corrected chi connectivity index (χ3v) is 4.01. The summed E-state index contributed by atoms with van der Waals surface area (Å²) in [6.45, 7) is 8.22. The SMILES string of the molecule is CC1(C)C/C(=N\O)[C@H]([C@@H](O)c2ccccc2)C(C)(C)N1. The van der Waals surface area contributed by atoms with Crippen molar-refractivity contribution in [1.29, 1.82) is 0 Å². The maximum absolute atomic E-state index is 10.7. The second kappa shape index (κ2) is 5.19. The zero-order valence-corrected chi connectivity index (χ0v) is 12.6. The van der Waals surface area contributed by atoms with Gasteiger partial charge in [-0.25, -0.2) is 0 Å². The molecule has 0 aromatic heterocycles. The van der Waals surface area contributed by atoms with Crippen molar-refractivity contribution in [3.63, 3.8) is 0 Å². The Morgan fingerprint density at radius 1 is 1.20 bits per heavy atom. The van der Waals surface area contributed by atoms with E-state index in [1.54, 1.807) is 0 Å². The Kier molecular flexibility index (Phi) is 3.89. The van der Waals surface area contributed by atoms with Crippen LogP contribution < -0.4 is 5.32 Å². The van der Waals surface area contributed by atoms with Gasteiger partial charge in [0.2, 0.25) is 0 Å². The number of hydrogen-bond acceptors (Lipinski definition) is 4. The molecule has 2 rings (SSSR count). The van der Waals surface area contributed by atoms with E-state index in [1.807, 2.05) is 44.2 Å². The molecular weight excluding hydrogens is 252 g/mol. The molecule has 1 aromatic carbocycles. The van der Waals surface area contributed by atoms with Gasteiger partial charge in [0.1, 0.15) is 0 Å². The van der Waals surface area contributed by atoms with Crippen LogP contribution in [0.5, 0.6) is 0 Å². The minimum absolute atomic E-state index is 0.155. The Hall–Kier alpha value is -1.39. The Morgan fingerprint density at radius 2 is 1.80 bits per heavy atom. The predicted molar refractivity (Wildman–Crippen MR) is 80.0 cm³/mol. The van der Waals surface area contributed by atoms with E-state index >= 15 is 0 Å². The fourth-order valence-electron chi connectivity index (χ4n) is 3.49. The van der Waals surface area contributed by atoms with Crippen LogP contribution >= 0.6 is 0 Å². The Bertz CT molecular complexity index is 494. The van der Waals surface area contributed by atoms with E-state index in [0.717, 1.165) is 5.56 Å². The summed E-state index contributed by atoms with van der Waals surface area (Å²) in [5.74, 6) is -0.261. The second-order valence-electron chi connectivity index (χ2n) is 6.83. The number of oxime groups is 1. The number of aliphatic hydroxyl groups excluding tert-OH is 1. The maximum Gasteiger partial charge on any atom is 0.0889 e. The highest BCUT2D eigenvalue weighted by molar-refractivity contribution is 5.90. The van der Waals surface area contributed by atoms with Crippen molar-refractivity contribution in [1.82, 2.24) is 5.32 Å². The first-order valence-electron chi connectivity index (χ1n) is 7.00. The second-order valence-corrected chi connectivity index (χ2v) is 6.83. The molecule has 1 fully saturated rings. The number of piperidine rings is 1. The van der Waals surface area contributed by atoms with Crippen molar-refractivity contribution in [3.8, 4) is 0 Å². The summed E-state index contributed by atoms with van der Waals surface area (Å²) in [6.07, 6.45) is -0.0812. The normalized spacial score (nSPS) is 28.2. The van der Waals surface area contributed by atoms with Gasteiger partial charge in [-0.05, 0) is 33.3 Å². The topological polar surface area (TPSA) is 64.9 Å². The summed E-state index contributed by atoms with van der Waals surface area (Å²) in [6, 6.07) is 9.53. The van der Waals surface area contributed by atoms with Gasteiger partial charge in [0.25, 0.3) is 0 Å². The molecule has 3 N–H and O–H groups in total. The molecule has 0 amide bonds. The van der Waals surface area contributed by atoms with E-state index in [4.69, 9.17) is 0 Å². The van der Waals surface area contributed by atoms with Gasteiger partial charge in [-0.3, -0.25) is 0 Å². The highest BCUT2D eigenvalue weighted by atomic mass is 16.4. The number of nitrogens with zero attached hydrogens (tertiary/aromatic N) is 1. The first kappa shape index (κ1) is 15.0. The first-order chi connectivity index (χ1) is 9.27. The molecule has 20 heavy (non-hydrogen) atoms. The molecule has 1 heterocycles. The molecule has 0 radical (unpaired) electrons. The van der Waals surface area contributed by atoms with Crippen molar-refractivity contribution < 1.29 is 10.3 Å². The molecule has 4 heteroatoms. The van der Waals surface area contributed by atoms with Crippen molar-refractivity contribution in [2.45, 2.75) is 51.3 Å². The highest BCUT2D eigenvalue weighted by Crippen LogP contribution is 2.39. The van der Waals surface area contributed by atoms with Crippen molar-refractivity contribution in [2.24, 2.45) is 11.1 Å². The van der Waals surface area contributed by atoms with Crippen LogP contribution in [0, 0.1) is 5.92 Å². The third kappa shape index (κ3) is 2.86. The fraction of sp³-hybridized carbons (Fsp3) is 0.562. The van der Waals surface area contributed by atoms with E-state index in [0.29, 0.717) is 12.1 Å². The fourth-order valence-corrected chi connectivity index (χ4v) is 3.49. The lowest BCUT2D eigenvalue weighted by atomic mass is 9.69. The van der Waals surface area contributed by atoms with Crippen LogP contribution in [-0.2, 0) is 0 Å². The molecule has 0 aliphatic carbocycles. The third-order valence-electron chi connectivity index (χ3n) is 4.01. The summed E-state index contributed by atoms with van der Waals surface area (Å²) in [4.78, 5) is 0. The molecule has 1 aliphatic rings. The molecule has 110 valence electrons. The Labute approximate surface area is 120 Å². The van der Waals surface area contributed by atoms with Crippen LogP contribution in [-0.4, -0.2) is 27.1 Å². The van der Waals surface area contributed by atoms with Crippen molar-refractivity contribution >= 4 is 5.71 Å². The molecule has 0 saturated carbocycles. The van der Waals surface area contributed by atoms with Gasteiger partial charge in [-0.2, -0.15) is 0 Å². The highest BCUT2D eigenvalue weighted by Gasteiger charge is 2.47. The van der Waals surface area contributed by atoms with Gasteiger partial charge >= 0.3 is 0 Å². The quantitative estimate of drug-likeness (QED) is 0.575. The van der Waals surface area contributed by atoms with Gasteiger partial charge in [-0.1, -0.05) is 35.5 Å². The lowest BCUT2D eigenvalue weighted by molar-refractivity contribution is 0.0629. The average Bonchev–Trinajstić information content (AvgIpc) is 2.36. The van der Waals surface area contributed by atoms with E-state index in [-0.39, 0.29) is 17.0 Å². The van der Waals surface area contributed by atoms with E-state index < -0.39 is 6.10 Å². The number of benzene rings is 1. The Balaban J connectivity index is 2.38. The van der Waals surface area contributed by atoms with E-state index in [2.05, 4.69) is 24.3 Å². The first-order valence-corrected chi connectivity index (χ1v) is 7.00. The van der Waals surface area contributed by atoms with E-state index in [9.17, 15) is 10.3 Å². The summed E-state index contributed by atoms with van der Waals surface area (Å²) in [5.41, 5.74) is 0.972. The van der Waals surface area contributed by atoms with Gasteiger partial charge in [0.15, 0.2) is 0 Å². The largest absolute Gasteiger partial charge is 0.411 e. The average molecular weight is 276 g/mol. The minimum Gasteiger partial charge on any atom is -0.411 e. The van der Waals surface area contributed by atoms with Gasteiger partial charge in [-0.15, -0.1) is 0 Å². The predicted octanol–water partition coefficient (Wildman–Crippen LogP) is 2.72. The van der Waals surface area contributed by atoms with Crippen LogP contribution in [0.25, 0.3) is 0 Å². The van der Waals surface area contributed by atoms with Gasteiger partial charge in [0.05, 0.1) is 11.8 Å². The molecule has 1 aliphatic heterocycles.